The van der Waals surface area contributed by atoms with E-state index in [1.54, 1.807) is 6.92 Å². The number of rotatable bonds is 7. The van der Waals surface area contributed by atoms with Crippen LogP contribution in [0.5, 0.6) is 0 Å². The summed E-state index contributed by atoms with van der Waals surface area (Å²) in [6.07, 6.45) is 1.33. The molecule has 2 heterocycles. The number of carbonyl (C=O) groups is 3. The number of nitrogens with zero attached hydrogens (tertiary/aromatic N) is 1. The Bertz CT molecular complexity index is 1080. The van der Waals surface area contributed by atoms with Crippen LogP contribution in [-0.4, -0.2) is 35.8 Å². The highest BCUT2D eigenvalue weighted by Crippen LogP contribution is 2.31. The van der Waals surface area contributed by atoms with Gasteiger partial charge in [-0.1, -0.05) is 0 Å². The maximum absolute atomic E-state index is 13.4. The largest absolute Gasteiger partial charge is 0.459 e. The van der Waals surface area contributed by atoms with Crippen molar-refractivity contribution in [3.05, 3.63) is 58.9 Å². The molecule has 0 bridgehead atoms. The predicted molar refractivity (Wildman–Crippen MR) is 105 cm³/mol. The Balaban J connectivity index is 1.49. The number of thiazole rings is 1. The lowest BCUT2D eigenvalue weighted by molar-refractivity contribution is -0.123. The van der Waals surface area contributed by atoms with E-state index >= 15 is 0 Å². The van der Waals surface area contributed by atoms with Gasteiger partial charge in [-0.25, -0.2) is 13.8 Å². The van der Waals surface area contributed by atoms with Crippen molar-refractivity contribution >= 4 is 34.2 Å². The summed E-state index contributed by atoms with van der Waals surface area (Å²) in [5.41, 5.74) is 0.794. The van der Waals surface area contributed by atoms with Crippen LogP contribution in [0.2, 0.25) is 0 Å². The van der Waals surface area contributed by atoms with Gasteiger partial charge >= 0.3 is 0 Å². The minimum absolute atomic E-state index is 0.0662. The minimum atomic E-state index is -0.993. The molecule has 1 aromatic carbocycles. The van der Waals surface area contributed by atoms with Crippen molar-refractivity contribution in [3.63, 3.8) is 0 Å². The van der Waals surface area contributed by atoms with Crippen molar-refractivity contribution in [2.45, 2.75) is 6.92 Å². The molecule has 0 aliphatic heterocycles. The zero-order valence-electron chi connectivity index (χ0n) is 15.6. The zero-order chi connectivity index (χ0) is 21.7. The maximum Gasteiger partial charge on any atom is 0.287 e. The molecule has 2 aromatic heterocycles. The number of carbonyl (C=O) groups excluding carboxylic acids is 3. The van der Waals surface area contributed by atoms with Crippen molar-refractivity contribution in [2.75, 3.05) is 18.4 Å². The van der Waals surface area contributed by atoms with E-state index in [4.69, 9.17) is 4.42 Å². The van der Waals surface area contributed by atoms with Gasteiger partial charge in [-0.15, -0.1) is 11.3 Å². The van der Waals surface area contributed by atoms with E-state index < -0.39 is 29.4 Å². The summed E-state index contributed by atoms with van der Waals surface area (Å²) < 4.78 is 31.4. The van der Waals surface area contributed by atoms with Gasteiger partial charge in [0.1, 0.15) is 0 Å². The molecule has 3 N–H and O–H groups in total. The molecule has 30 heavy (non-hydrogen) atoms. The molecule has 0 atom stereocenters. The smallest absolute Gasteiger partial charge is 0.287 e. The summed E-state index contributed by atoms with van der Waals surface area (Å²) in [6, 6.07) is 6.41. The monoisotopic (exact) mass is 434 g/mol. The van der Waals surface area contributed by atoms with Crippen molar-refractivity contribution in [2.24, 2.45) is 0 Å². The standard InChI is InChI=1S/C19H16F2N4O4S/c1-10-17(11-4-5-12(20)13(21)7-11)25-19(30-10)24-16(27)9-22-15(26)8-23-18(28)14-3-2-6-29-14/h2-7H,8-9H2,1H3,(H,22,26)(H,23,28)(H,24,25,27). The van der Waals surface area contributed by atoms with Crippen LogP contribution in [0.4, 0.5) is 13.9 Å². The first-order valence-corrected chi connectivity index (χ1v) is 9.46. The number of anilines is 1. The molecule has 0 radical (unpaired) electrons. The lowest BCUT2D eigenvalue weighted by atomic mass is 10.1. The summed E-state index contributed by atoms with van der Waals surface area (Å²) in [7, 11) is 0. The summed E-state index contributed by atoms with van der Waals surface area (Å²) >= 11 is 1.16. The normalized spacial score (nSPS) is 10.5. The number of hydrogen-bond acceptors (Lipinski definition) is 6. The highest BCUT2D eigenvalue weighted by molar-refractivity contribution is 7.16. The Morgan fingerprint density at radius 3 is 2.53 bits per heavy atom. The third kappa shape index (κ3) is 5.26. The van der Waals surface area contributed by atoms with Crippen LogP contribution in [0, 0.1) is 18.6 Å². The van der Waals surface area contributed by atoms with E-state index in [1.165, 1.54) is 24.5 Å². The van der Waals surface area contributed by atoms with E-state index in [9.17, 15) is 23.2 Å². The molecule has 3 amide bonds. The molecular weight excluding hydrogens is 418 g/mol. The number of nitrogens with one attached hydrogen (secondary N) is 3. The van der Waals surface area contributed by atoms with Crippen LogP contribution in [0.3, 0.4) is 0 Å². The average molecular weight is 434 g/mol. The number of amides is 3. The molecule has 11 heteroatoms. The highest BCUT2D eigenvalue weighted by Gasteiger charge is 2.15. The van der Waals surface area contributed by atoms with Gasteiger partial charge in [-0.05, 0) is 37.3 Å². The van der Waals surface area contributed by atoms with Crippen molar-refractivity contribution in [1.82, 2.24) is 15.6 Å². The van der Waals surface area contributed by atoms with E-state index in [2.05, 4.69) is 20.9 Å². The molecule has 0 saturated heterocycles. The zero-order valence-corrected chi connectivity index (χ0v) is 16.4. The summed E-state index contributed by atoms with van der Waals surface area (Å²) in [6.45, 7) is 1.06. The van der Waals surface area contributed by atoms with E-state index in [0.717, 1.165) is 23.5 Å². The lowest BCUT2D eigenvalue weighted by Crippen LogP contribution is -2.40. The molecule has 0 fully saturated rings. The number of aryl methyl sites for hydroxylation is 1. The van der Waals surface area contributed by atoms with Gasteiger partial charge in [0.2, 0.25) is 11.8 Å². The Hall–Kier alpha value is -3.60. The number of benzene rings is 1. The Labute approximate surface area is 173 Å². The fraction of sp³-hybridized carbons (Fsp3) is 0.158. The van der Waals surface area contributed by atoms with E-state index in [1.807, 2.05) is 0 Å². The molecule has 0 unspecified atom stereocenters. The van der Waals surface area contributed by atoms with Crippen LogP contribution in [0.15, 0.2) is 41.0 Å². The molecule has 0 spiro atoms. The second-order valence-corrected chi connectivity index (χ2v) is 7.24. The van der Waals surface area contributed by atoms with Crippen LogP contribution in [-0.2, 0) is 9.59 Å². The van der Waals surface area contributed by atoms with Gasteiger partial charge in [0.15, 0.2) is 22.5 Å². The van der Waals surface area contributed by atoms with E-state index in [0.29, 0.717) is 16.1 Å². The fourth-order valence-corrected chi connectivity index (χ4v) is 3.27. The summed E-state index contributed by atoms with van der Waals surface area (Å²) in [5.74, 6) is -3.54. The van der Waals surface area contributed by atoms with Gasteiger partial charge in [0, 0.05) is 10.4 Å². The van der Waals surface area contributed by atoms with Crippen LogP contribution >= 0.6 is 11.3 Å². The number of furan rings is 1. The van der Waals surface area contributed by atoms with Gasteiger partial charge < -0.3 is 20.4 Å². The third-order valence-corrected chi connectivity index (χ3v) is 4.72. The SMILES string of the molecule is Cc1sc(NC(=O)CNC(=O)CNC(=O)c2ccco2)nc1-c1ccc(F)c(F)c1. The Morgan fingerprint density at radius 2 is 1.83 bits per heavy atom. The van der Waals surface area contributed by atoms with Crippen LogP contribution < -0.4 is 16.0 Å². The molecule has 0 aliphatic rings. The quantitative estimate of drug-likeness (QED) is 0.529. The molecule has 156 valence electrons. The first kappa shape index (κ1) is 21.1. The van der Waals surface area contributed by atoms with Gasteiger partial charge in [0.05, 0.1) is 25.0 Å². The third-order valence-electron chi connectivity index (χ3n) is 3.84. The number of hydrogen-bond donors (Lipinski definition) is 3. The topological polar surface area (TPSA) is 113 Å². The Kier molecular flexibility index (Phi) is 6.52. The van der Waals surface area contributed by atoms with Gasteiger partial charge in [-0.2, -0.15) is 0 Å². The minimum Gasteiger partial charge on any atom is -0.459 e. The Morgan fingerprint density at radius 1 is 1.07 bits per heavy atom. The number of halogens is 2. The molecule has 0 aliphatic carbocycles. The highest BCUT2D eigenvalue weighted by atomic mass is 32.1. The molecule has 3 rings (SSSR count). The van der Waals surface area contributed by atoms with Gasteiger partial charge in [-0.3, -0.25) is 14.4 Å². The van der Waals surface area contributed by atoms with Gasteiger partial charge in [0.25, 0.3) is 5.91 Å². The van der Waals surface area contributed by atoms with Crippen LogP contribution in [0.25, 0.3) is 11.3 Å². The van der Waals surface area contributed by atoms with Crippen molar-refractivity contribution in [3.8, 4) is 11.3 Å². The molecule has 8 nitrogen and oxygen atoms in total. The maximum atomic E-state index is 13.4. The first-order chi connectivity index (χ1) is 14.3. The van der Waals surface area contributed by atoms with Crippen LogP contribution in [0.1, 0.15) is 15.4 Å². The summed E-state index contributed by atoms with van der Waals surface area (Å²) in [4.78, 5) is 40.4. The van der Waals surface area contributed by atoms with E-state index in [-0.39, 0.29) is 24.0 Å². The first-order valence-electron chi connectivity index (χ1n) is 8.64. The molecular formula is C19H16F2N4O4S. The predicted octanol–water partition coefficient (Wildman–Crippen LogP) is 2.47. The molecule has 0 saturated carbocycles. The average Bonchev–Trinajstić information content (AvgIpc) is 3.37. The van der Waals surface area contributed by atoms with Crippen molar-refractivity contribution in [1.29, 1.82) is 0 Å². The van der Waals surface area contributed by atoms with Crippen molar-refractivity contribution < 1.29 is 27.6 Å². The molecule has 3 aromatic rings. The lowest BCUT2D eigenvalue weighted by Gasteiger charge is -2.06. The summed E-state index contributed by atoms with van der Waals surface area (Å²) in [5, 5.41) is 7.48. The fourth-order valence-electron chi connectivity index (χ4n) is 2.42. The second kappa shape index (κ2) is 9.27. The number of aromatic nitrogens is 1. The second-order valence-electron chi connectivity index (χ2n) is 6.04.